The highest BCUT2D eigenvalue weighted by atomic mass is 32.2. The summed E-state index contributed by atoms with van der Waals surface area (Å²) in [5.41, 5.74) is 0.380. The molecule has 0 radical (unpaired) electrons. The zero-order chi connectivity index (χ0) is 18.9. The second-order valence-electron chi connectivity index (χ2n) is 6.87. The minimum absolute atomic E-state index is 0.00228. The first kappa shape index (κ1) is 19.3. The summed E-state index contributed by atoms with van der Waals surface area (Å²) in [6, 6.07) is 6.08. The fraction of sp³-hybridized carbons (Fsp3) is 0.562. The maximum atomic E-state index is 12.5. The van der Waals surface area contributed by atoms with E-state index in [1.165, 1.54) is 16.4 Å². The third-order valence-corrected chi connectivity index (χ3v) is 7.32. The van der Waals surface area contributed by atoms with Gasteiger partial charge >= 0.3 is 0 Å². The van der Waals surface area contributed by atoms with Crippen molar-refractivity contribution in [3.63, 3.8) is 0 Å². The summed E-state index contributed by atoms with van der Waals surface area (Å²) in [6.45, 7) is 0.565. The van der Waals surface area contributed by atoms with Crippen molar-refractivity contribution in [1.29, 1.82) is 0 Å². The SMILES string of the molecule is CS(=O)(=O)N1CCCC(C(=O)Nc2cccc(S(=O)(=O)NC3CC3)c2)C1. The van der Waals surface area contributed by atoms with Gasteiger partial charge in [-0.25, -0.2) is 25.9 Å². The number of anilines is 1. The monoisotopic (exact) mass is 401 g/mol. The fourth-order valence-corrected chi connectivity index (χ4v) is 5.19. The number of carbonyl (C=O) groups is 1. The Morgan fingerprint density at radius 2 is 1.88 bits per heavy atom. The van der Waals surface area contributed by atoms with Gasteiger partial charge in [-0.05, 0) is 43.9 Å². The predicted molar refractivity (Wildman–Crippen MR) is 97.6 cm³/mol. The lowest BCUT2D eigenvalue weighted by atomic mass is 9.99. The van der Waals surface area contributed by atoms with E-state index in [4.69, 9.17) is 0 Å². The lowest BCUT2D eigenvalue weighted by Gasteiger charge is -2.30. The van der Waals surface area contributed by atoms with Gasteiger partial charge in [0.1, 0.15) is 0 Å². The lowest BCUT2D eigenvalue weighted by Crippen LogP contribution is -2.43. The molecule has 1 saturated heterocycles. The molecule has 1 aliphatic heterocycles. The van der Waals surface area contributed by atoms with E-state index in [1.54, 1.807) is 12.1 Å². The number of rotatable bonds is 6. The minimum atomic E-state index is -3.60. The summed E-state index contributed by atoms with van der Waals surface area (Å²) in [5, 5.41) is 2.71. The van der Waals surface area contributed by atoms with Gasteiger partial charge in [0.25, 0.3) is 0 Å². The zero-order valence-electron chi connectivity index (χ0n) is 14.5. The third-order valence-electron chi connectivity index (χ3n) is 4.53. The second-order valence-corrected chi connectivity index (χ2v) is 10.6. The molecule has 2 N–H and O–H groups in total. The molecule has 0 aromatic heterocycles. The summed E-state index contributed by atoms with van der Waals surface area (Å²) < 4.78 is 51.8. The van der Waals surface area contributed by atoms with E-state index < -0.39 is 26.0 Å². The Hall–Kier alpha value is -1.49. The van der Waals surface area contributed by atoms with E-state index in [0.29, 0.717) is 25.1 Å². The number of benzene rings is 1. The summed E-state index contributed by atoms with van der Waals surface area (Å²) >= 11 is 0. The highest BCUT2D eigenvalue weighted by molar-refractivity contribution is 7.89. The Morgan fingerprint density at radius 3 is 2.54 bits per heavy atom. The zero-order valence-corrected chi connectivity index (χ0v) is 16.1. The highest BCUT2D eigenvalue weighted by Crippen LogP contribution is 2.24. The first-order valence-electron chi connectivity index (χ1n) is 8.53. The largest absolute Gasteiger partial charge is 0.326 e. The third kappa shape index (κ3) is 4.81. The van der Waals surface area contributed by atoms with Crippen LogP contribution in [0.3, 0.4) is 0 Å². The first-order valence-corrected chi connectivity index (χ1v) is 11.9. The average molecular weight is 402 g/mol. The van der Waals surface area contributed by atoms with Crippen molar-refractivity contribution in [1.82, 2.24) is 9.03 Å². The van der Waals surface area contributed by atoms with E-state index >= 15 is 0 Å². The van der Waals surface area contributed by atoms with Gasteiger partial charge in [-0.15, -0.1) is 0 Å². The van der Waals surface area contributed by atoms with Crippen LogP contribution in [0.1, 0.15) is 25.7 Å². The van der Waals surface area contributed by atoms with Crippen molar-refractivity contribution in [2.75, 3.05) is 24.7 Å². The Bertz CT molecular complexity index is 894. The number of nitrogens with zero attached hydrogens (tertiary/aromatic N) is 1. The van der Waals surface area contributed by atoms with Crippen LogP contribution in [0.4, 0.5) is 5.69 Å². The molecule has 1 saturated carbocycles. The van der Waals surface area contributed by atoms with Gasteiger partial charge in [-0.2, -0.15) is 0 Å². The lowest BCUT2D eigenvalue weighted by molar-refractivity contribution is -0.120. The predicted octanol–water partition coefficient (Wildman–Crippen LogP) is 0.737. The molecular weight excluding hydrogens is 378 g/mol. The molecule has 2 aliphatic rings. The molecule has 1 aliphatic carbocycles. The molecule has 3 rings (SSSR count). The first-order chi connectivity index (χ1) is 12.1. The molecule has 0 spiro atoms. The summed E-state index contributed by atoms with van der Waals surface area (Å²) in [6.07, 6.45) is 4.03. The molecule has 1 aromatic rings. The molecule has 8 nitrogen and oxygen atoms in total. The topological polar surface area (TPSA) is 113 Å². The van der Waals surface area contributed by atoms with Crippen molar-refractivity contribution in [3.05, 3.63) is 24.3 Å². The van der Waals surface area contributed by atoms with Crippen LogP contribution in [0.15, 0.2) is 29.2 Å². The smallest absolute Gasteiger partial charge is 0.240 e. The molecule has 2 fully saturated rings. The molecule has 1 atom stereocenters. The van der Waals surface area contributed by atoms with Crippen LogP contribution in [-0.4, -0.2) is 52.4 Å². The van der Waals surface area contributed by atoms with Gasteiger partial charge in [0.05, 0.1) is 17.1 Å². The normalized spacial score (nSPS) is 22.1. The molecule has 10 heteroatoms. The molecule has 26 heavy (non-hydrogen) atoms. The maximum absolute atomic E-state index is 12.5. The van der Waals surface area contributed by atoms with Crippen LogP contribution < -0.4 is 10.0 Å². The van der Waals surface area contributed by atoms with Crippen LogP contribution in [0, 0.1) is 5.92 Å². The van der Waals surface area contributed by atoms with E-state index in [0.717, 1.165) is 19.1 Å². The summed E-state index contributed by atoms with van der Waals surface area (Å²) in [5.74, 6) is -0.758. The Balaban J connectivity index is 1.68. The van der Waals surface area contributed by atoms with Crippen LogP contribution in [0.2, 0.25) is 0 Å². The van der Waals surface area contributed by atoms with Gasteiger partial charge in [0.2, 0.25) is 26.0 Å². The average Bonchev–Trinajstić information content (AvgIpc) is 3.38. The van der Waals surface area contributed by atoms with E-state index in [9.17, 15) is 21.6 Å². The van der Waals surface area contributed by atoms with Gasteiger partial charge in [-0.3, -0.25) is 4.79 Å². The number of sulfonamides is 2. The van der Waals surface area contributed by atoms with Gasteiger partial charge in [0, 0.05) is 24.8 Å². The van der Waals surface area contributed by atoms with Crippen molar-refractivity contribution in [2.45, 2.75) is 36.6 Å². The van der Waals surface area contributed by atoms with Crippen molar-refractivity contribution in [2.24, 2.45) is 5.92 Å². The highest BCUT2D eigenvalue weighted by Gasteiger charge is 2.31. The molecular formula is C16H23N3O5S2. The number of hydrogen-bond acceptors (Lipinski definition) is 5. The minimum Gasteiger partial charge on any atom is -0.326 e. The maximum Gasteiger partial charge on any atom is 0.240 e. The van der Waals surface area contributed by atoms with Crippen LogP contribution in [-0.2, 0) is 24.8 Å². The van der Waals surface area contributed by atoms with Crippen molar-refractivity contribution >= 4 is 31.6 Å². The molecule has 1 heterocycles. The quantitative estimate of drug-likeness (QED) is 0.730. The molecule has 1 amide bonds. The van der Waals surface area contributed by atoms with E-state index in [2.05, 4.69) is 10.0 Å². The Labute approximate surface area is 154 Å². The number of piperidine rings is 1. The van der Waals surface area contributed by atoms with Crippen molar-refractivity contribution < 1.29 is 21.6 Å². The molecule has 144 valence electrons. The molecule has 1 unspecified atom stereocenters. The number of amides is 1. The molecule has 1 aromatic carbocycles. The number of hydrogen-bond donors (Lipinski definition) is 2. The number of nitrogens with one attached hydrogen (secondary N) is 2. The summed E-state index contributed by atoms with van der Waals surface area (Å²) in [4.78, 5) is 12.6. The van der Waals surface area contributed by atoms with E-state index in [-0.39, 0.29) is 23.4 Å². The van der Waals surface area contributed by atoms with Gasteiger partial charge in [-0.1, -0.05) is 6.07 Å². The van der Waals surface area contributed by atoms with Gasteiger partial charge in [0.15, 0.2) is 0 Å². The van der Waals surface area contributed by atoms with Crippen LogP contribution in [0.25, 0.3) is 0 Å². The number of carbonyl (C=O) groups excluding carboxylic acids is 1. The van der Waals surface area contributed by atoms with Crippen LogP contribution >= 0.6 is 0 Å². The Kier molecular flexibility index (Phi) is 5.38. The molecule has 0 bridgehead atoms. The van der Waals surface area contributed by atoms with E-state index in [1.807, 2.05) is 0 Å². The van der Waals surface area contributed by atoms with Gasteiger partial charge < -0.3 is 5.32 Å². The summed E-state index contributed by atoms with van der Waals surface area (Å²) in [7, 11) is -6.93. The van der Waals surface area contributed by atoms with Crippen molar-refractivity contribution in [3.8, 4) is 0 Å². The fourth-order valence-electron chi connectivity index (χ4n) is 2.93. The Morgan fingerprint density at radius 1 is 1.15 bits per heavy atom. The standard InChI is InChI=1S/C16H23N3O5S2/c1-25(21,22)19-9-3-4-12(11-19)16(20)17-14-5-2-6-15(10-14)26(23,24)18-13-7-8-13/h2,5-6,10,12-13,18H,3-4,7-9,11H2,1H3,(H,17,20). The van der Waals surface area contributed by atoms with Crippen LogP contribution in [0.5, 0.6) is 0 Å². The second kappa shape index (κ2) is 7.26.